The van der Waals surface area contributed by atoms with Crippen molar-refractivity contribution in [2.45, 2.75) is 6.54 Å². The molecule has 0 aliphatic heterocycles. The summed E-state index contributed by atoms with van der Waals surface area (Å²) in [5, 5.41) is 10.5. The predicted molar refractivity (Wildman–Crippen MR) is 80.6 cm³/mol. The van der Waals surface area contributed by atoms with Crippen molar-refractivity contribution in [1.29, 1.82) is 0 Å². The fourth-order valence-corrected chi connectivity index (χ4v) is 2.03. The summed E-state index contributed by atoms with van der Waals surface area (Å²) in [6.45, 7) is 1.33. The molecule has 100 valence electrons. The molecule has 19 heavy (non-hydrogen) atoms. The molecule has 0 spiro atoms. The number of aromatic nitrogens is 2. The van der Waals surface area contributed by atoms with Crippen LogP contribution in [0.15, 0.2) is 41.1 Å². The second-order valence-corrected chi connectivity index (χ2v) is 5.14. The van der Waals surface area contributed by atoms with E-state index < -0.39 is 0 Å². The molecule has 2 aromatic rings. The number of benzene rings is 1. The standard InChI is InChI=1S/C12H12BrFN4S/c13-9-7-16-18(8-9)5-4-15-12(19)17-11-3-1-2-10(14)6-11/h1-3,6-8H,4-5H2,(H2,15,17,19). The Kier molecular flexibility index (Phi) is 4.86. The van der Waals surface area contributed by atoms with Crippen LogP contribution in [0.3, 0.4) is 0 Å². The lowest BCUT2D eigenvalue weighted by Gasteiger charge is -2.10. The maximum absolute atomic E-state index is 13.0. The number of hydrogen-bond donors (Lipinski definition) is 2. The van der Waals surface area contributed by atoms with E-state index in [0.717, 1.165) is 4.47 Å². The van der Waals surface area contributed by atoms with Crippen molar-refractivity contribution >= 4 is 38.9 Å². The average Bonchev–Trinajstić information content (AvgIpc) is 2.75. The van der Waals surface area contributed by atoms with Crippen LogP contribution in [0.1, 0.15) is 0 Å². The normalized spacial score (nSPS) is 10.2. The lowest BCUT2D eigenvalue weighted by molar-refractivity contribution is 0.604. The number of nitrogens with zero attached hydrogens (tertiary/aromatic N) is 2. The zero-order valence-corrected chi connectivity index (χ0v) is 12.3. The number of nitrogens with one attached hydrogen (secondary N) is 2. The van der Waals surface area contributed by atoms with Crippen LogP contribution in [0.4, 0.5) is 10.1 Å². The van der Waals surface area contributed by atoms with Gasteiger partial charge in [0.1, 0.15) is 5.82 Å². The van der Waals surface area contributed by atoms with Gasteiger partial charge in [0.15, 0.2) is 5.11 Å². The van der Waals surface area contributed by atoms with Gasteiger partial charge in [0.2, 0.25) is 0 Å². The van der Waals surface area contributed by atoms with Gasteiger partial charge in [-0.3, -0.25) is 4.68 Å². The minimum absolute atomic E-state index is 0.297. The Balaban J connectivity index is 1.76. The molecule has 4 nitrogen and oxygen atoms in total. The molecule has 0 unspecified atom stereocenters. The third-order valence-corrected chi connectivity index (χ3v) is 2.97. The molecular weight excluding hydrogens is 331 g/mol. The molecule has 0 saturated carbocycles. The summed E-state index contributed by atoms with van der Waals surface area (Å²) in [7, 11) is 0. The second-order valence-electron chi connectivity index (χ2n) is 3.81. The molecule has 1 aromatic carbocycles. The average molecular weight is 343 g/mol. The third-order valence-electron chi connectivity index (χ3n) is 2.31. The van der Waals surface area contributed by atoms with E-state index >= 15 is 0 Å². The van der Waals surface area contributed by atoms with E-state index in [1.165, 1.54) is 12.1 Å². The van der Waals surface area contributed by atoms with Crippen molar-refractivity contribution in [3.63, 3.8) is 0 Å². The van der Waals surface area contributed by atoms with Crippen molar-refractivity contribution in [2.24, 2.45) is 0 Å². The number of hydrogen-bond acceptors (Lipinski definition) is 2. The summed E-state index contributed by atoms with van der Waals surface area (Å²) in [4.78, 5) is 0. The van der Waals surface area contributed by atoms with Crippen molar-refractivity contribution in [3.8, 4) is 0 Å². The molecule has 0 fully saturated rings. The van der Waals surface area contributed by atoms with Crippen LogP contribution < -0.4 is 10.6 Å². The Labute approximate surface area is 124 Å². The summed E-state index contributed by atoms with van der Waals surface area (Å²) in [5.74, 6) is -0.297. The van der Waals surface area contributed by atoms with Crippen molar-refractivity contribution in [3.05, 3.63) is 46.9 Å². The highest BCUT2D eigenvalue weighted by Gasteiger charge is 1.99. The third kappa shape index (κ3) is 4.60. The van der Waals surface area contributed by atoms with E-state index in [2.05, 4.69) is 31.7 Å². The van der Waals surface area contributed by atoms with Crippen LogP contribution in [-0.4, -0.2) is 21.4 Å². The van der Waals surface area contributed by atoms with E-state index in [0.29, 0.717) is 23.9 Å². The summed E-state index contributed by atoms with van der Waals surface area (Å²) < 4.78 is 15.7. The number of anilines is 1. The molecule has 1 aromatic heterocycles. The van der Waals surface area contributed by atoms with Crippen molar-refractivity contribution in [1.82, 2.24) is 15.1 Å². The lowest BCUT2D eigenvalue weighted by Crippen LogP contribution is -2.31. The largest absolute Gasteiger partial charge is 0.361 e. The monoisotopic (exact) mass is 342 g/mol. The molecule has 2 rings (SSSR count). The quantitative estimate of drug-likeness (QED) is 0.838. The molecule has 0 aliphatic rings. The maximum Gasteiger partial charge on any atom is 0.170 e. The van der Waals surface area contributed by atoms with Crippen molar-refractivity contribution in [2.75, 3.05) is 11.9 Å². The highest BCUT2D eigenvalue weighted by Crippen LogP contribution is 2.08. The summed E-state index contributed by atoms with van der Waals surface area (Å²) >= 11 is 8.44. The van der Waals surface area contributed by atoms with Crippen LogP contribution in [0.2, 0.25) is 0 Å². The van der Waals surface area contributed by atoms with Crippen LogP contribution in [0.5, 0.6) is 0 Å². The second kappa shape index (κ2) is 6.63. The first kappa shape index (κ1) is 14.0. The van der Waals surface area contributed by atoms with Crippen LogP contribution in [0, 0.1) is 5.82 Å². The Morgan fingerprint density at radius 1 is 1.47 bits per heavy atom. The van der Waals surface area contributed by atoms with Gasteiger partial charge in [-0.15, -0.1) is 0 Å². The first-order valence-electron chi connectivity index (χ1n) is 5.62. The summed E-state index contributed by atoms with van der Waals surface area (Å²) in [6, 6.07) is 6.15. The zero-order chi connectivity index (χ0) is 13.7. The molecule has 0 aliphatic carbocycles. The van der Waals surface area contributed by atoms with Gasteiger partial charge in [-0.1, -0.05) is 6.07 Å². The van der Waals surface area contributed by atoms with E-state index in [9.17, 15) is 4.39 Å². The van der Waals surface area contributed by atoms with Gasteiger partial charge in [-0.05, 0) is 46.3 Å². The fourth-order valence-electron chi connectivity index (χ4n) is 1.49. The molecule has 0 saturated heterocycles. The number of thiocarbonyl (C=S) groups is 1. The Bertz CT molecular complexity index is 572. The van der Waals surface area contributed by atoms with E-state index in [-0.39, 0.29) is 5.82 Å². The molecular formula is C12H12BrFN4S. The van der Waals surface area contributed by atoms with Gasteiger partial charge in [-0.25, -0.2) is 4.39 Å². The van der Waals surface area contributed by atoms with Crippen LogP contribution >= 0.6 is 28.1 Å². The maximum atomic E-state index is 13.0. The summed E-state index contributed by atoms with van der Waals surface area (Å²) in [6.07, 6.45) is 3.61. The molecule has 0 atom stereocenters. The van der Waals surface area contributed by atoms with Crippen LogP contribution in [-0.2, 0) is 6.54 Å². The predicted octanol–water partition coefficient (Wildman–Crippen LogP) is 2.77. The molecule has 1 heterocycles. The van der Waals surface area contributed by atoms with E-state index in [1.807, 2.05) is 6.20 Å². The van der Waals surface area contributed by atoms with E-state index in [1.54, 1.807) is 23.0 Å². The highest BCUT2D eigenvalue weighted by atomic mass is 79.9. The van der Waals surface area contributed by atoms with Crippen LogP contribution in [0.25, 0.3) is 0 Å². The van der Waals surface area contributed by atoms with Gasteiger partial charge < -0.3 is 10.6 Å². The highest BCUT2D eigenvalue weighted by molar-refractivity contribution is 9.10. The van der Waals surface area contributed by atoms with E-state index in [4.69, 9.17) is 12.2 Å². The molecule has 0 amide bonds. The smallest absolute Gasteiger partial charge is 0.170 e. The fraction of sp³-hybridized carbons (Fsp3) is 0.167. The Morgan fingerprint density at radius 3 is 3.00 bits per heavy atom. The summed E-state index contributed by atoms with van der Waals surface area (Å²) in [5.41, 5.74) is 0.624. The molecule has 0 bridgehead atoms. The van der Waals surface area contributed by atoms with Gasteiger partial charge in [-0.2, -0.15) is 5.10 Å². The van der Waals surface area contributed by atoms with Gasteiger partial charge >= 0.3 is 0 Å². The Morgan fingerprint density at radius 2 is 2.32 bits per heavy atom. The zero-order valence-electron chi connectivity index (χ0n) is 9.94. The minimum Gasteiger partial charge on any atom is -0.361 e. The SMILES string of the molecule is Fc1cccc(NC(=S)NCCn2cc(Br)cn2)c1. The first-order chi connectivity index (χ1) is 9.13. The van der Waals surface area contributed by atoms with Gasteiger partial charge in [0.05, 0.1) is 17.2 Å². The number of rotatable bonds is 4. The first-order valence-corrected chi connectivity index (χ1v) is 6.82. The number of halogens is 2. The van der Waals surface area contributed by atoms with Gasteiger partial charge in [0.25, 0.3) is 0 Å². The lowest BCUT2D eigenvalue weighted by atomic mass is 10.3. The minimum atomic E-state index is -0.297. The molecule has 2 N–H and O–H groups in total. The Hall–Kier alpha value is -1.47. The van der Waals surface area contributed by atoms with Gasteiger partial charge in [0, 0.05) is 18.4 Å². The topological polar surface area (TPSA) is 41.9 Å². The molecule has 7 heteroatoms. The molecule has 0 radical (unpaired) electrons. The van der Waals surface area contributed by atoms with Crippen molar-refractivity contribution < 1.29 is 4.39 Å².